The van der Waals surface area contributed by atoms with E-state index in [0.29, 0.717) is 17.6 Å². The van der Waals surface area contributed by atoms with E-state index in [-0.39, 0.29) is 5.63 Å². The third-order valence-corrected chi connectivity index (χ3v) is 3.30. The lowest BCUT2D eigenvalue weighted by molar-refractivity contribution is 0.410. The van der Waals surface area contributed by atoms with Crippen LogP contribution in [0.2, 0.25) is 0 Å². The zero-order chi connectivity index (χ0) is 15.4. The number of methoxy groups -OCH3 is 1. The Hall–Kier alpha value is -2.29. The fraction of sp³-hybridized carbons (Fsp3) is 0.278. The van der Waals surface area contributed by atoms with Crippen LogP contribution in [-0.4, -0.2) is 7.11 Å². The molecule has 0 aliphatic carbocycles. The van der Waals surface area contributed by atoms with E-state index in [9.17, 15) is 4.79 Å². The highest BCUT2D eigenvalue weighted by atomic mass is 16.5. The van der Waals surface area contributed by atoms with Crippen molar-refractivity contribution in [2.45, 2.75) is 26.7 Å². The molecule has 0 saturated carbocycles. The summed E-state index contributed by atoms with van der Waals surface area (Å²) < 4.78 is 10.8. The van der Waals surface area contributed by atoms with E-state index in [0.717, 1.165) is 23.1 Å². The second-order valence-electron chi connectivity index (χ2n) is 5.24. The number of ether oxygens (including phenoxy) is 1. The maximum absolute atomic E-state index is 11.9. The van der Waals surface area contributed by atoms with E-state index in [1.54, 1.807) is 19.3 Å². The molecular formula is C18H20O3. The molecule has 3 nitrogen and oxygen atoms in total. The summed E-state index contributed by atoms with van der Waals surface area (Å²) in [7, 11) is 1.62. The average Bonchev–Trinajstić information content (AvgIpc) is 2.45. The van der Waals surface area contributed by atoms with Gasteiger partial charge in [-0.15, -0.1) is 6.58 Å². The van der Waals surface area contributed by atoms with Gasteiger partial charge in [-0.2, -0.15) is 0 Å². The fourth-order valence-electron chi connectivity index (χ4n) is 2.20. The highest BCUT2D eigenvalue weighted by molar-refractivity contribution is 5.80. The van der Waals surface area contributed by atoms with Gasteiger partial charge in [0.1, 0.15) is 11.3 Å². The molecule has 0 unspecified atom stereocenters. The van der Waals surface area contributed by atoms with Gasteiger partial charge in [0, 0.05) is 17.0 Å². The van der Waals surface area contributed by atoms with Crippen molar-refractivity contribution in [2.24, 2.45) is 0 Å². The Morgan fingerprint density at radius 2 is 1.95 bits per heavy atom. The molecule has 110 valence electrons. The molecule has 0 saturated heterocycles. The average molecular weight is 284 g/mol. The molecule has 0 aliphatic rings. The van der Waals surface area contributed by atoms with Crippen molar-refractivity contribution >= 4 is 11.0 Å². The maximum atomic E-state index is 11.9. The van der Waals surface area contributed by atoms with E-state index >= 15 is 0 Å². The summed E-state index contributed by atoms with van der Waals surface area (Å²) in [5, 5.41) is 0.907. The summed E-state index contributed by atoms with van der Waals surface area (Å²) in [6, 6.07) is 5.67. The number of hydrogen-bond acceptors (Lipinski definition) is 3. The van der Waals surface area contributed by atoms with Crippen molar-refractivity contribution in [1.29, 1.82) is 0 Å². The zero-order valence-electron chi connectivity index (χ0n) is 12.7. The molecule has 0 atom stereocenters. The van der Waals surface area contributed by atoms with Gasteiger partial charge in [-0.3, -0.25) is 0 Å². The van der Waals surface area contributed by atoms with Gasteiger partial charge in [-0.25, -0.2) is 4.79 Å². The Labute approximate surface area is 124 Å². The van der Waals surface area contributed by atoms with Gasteiger partial charge in [0.15, 0.2) is 0 Å². The van der Waals surface area contributed by atoms with Gasteiger partial charge < -0.3 is 9.15 Å². The molecule has 1 heterocycles. The van der Waals surface area contributed by atoms with Crippen molar-refractivity contribution in [3.05, 3.63) is 64.1 Å². The number of benzene rings is 1. The molecule has 1 aromatic carbocycles. The molecule has 0 spiro atoms. The Balaban J connectivity index is 2.59. The zero-order valence-corrected chi connectivity index (χ0v) is 12.7. The number of rotatable bonds is 5. The molecule has 0 radical (unpaired) electrons. The Bertz CT molecular complexity index is 747. The first-order chi connectivity index (χ1) is 10.0. The SMILES string of the molecule is C=CCc1cc2cc(CC=C(C)C)c(OC)cc2oc1=O. The maximum Gasteiger partial charge on any atom is 0.339 e. The van der Waals surface area contributed by atoms with Crippen LogP contribution in [0.25, 0.3) is 11.0 Å². The Kier molecular flexibility index (Phi) is 4.63. The smallest absolute Gasteiger partial charge is 0.339 e. The van der Waals surface area contributed by atoms with Crippen LogP contribution >= 0.6 is 0 Å². The van der Waals surface area contributed by atoms with Crippen molar-refractivity contribution in [3.8, 4) is 5.75 Å². The lowest BCUT2D eigenvalue weighted by atomic mass is 10.0. The Morgan fingerprint density at radius 1 is 1.24 bits per heavy atom. The second-order valence-corrected chi connectivity index (χ2v) is 5.24. The first-order valence-corrected chi connectivity index (χ1v) is 6.93. The van der Waals surface area contributed by atoms with E-state index in [2.05, 4.69) is 26.5 Å². The van der Waals surface area contributed by atoms with Crippen LogP contribution in [0.15, 0.2) is 51.7 Å². The monoisotopic (exact) mass is 284 g/mol. The molecule has 3 heteroatoms. The summed E-state index contributed by atoms with van der Waals surface area (Å²) in [6.07, 6.45) is 5.14. The summed E-state index contributed by atoms with van der Waals surface area (Å²) in [4.78, 5) is 11.9. The van der Waals surface area contributed by atoms with Crippen LogP contribution in [0, 0.1) is 0 Å². The minimum Gasteiger partial charge on any atom is -0.496 e. The van der Waals surface area contributed by atoms with E-state index in [1.165, 1.54) is 5.57 Å². The number of hydrogen-bond donors (Lipinski definition) is 0. The van der Waals surface area contributed by atoms with Crippen LogP contribution in [0.3, 0.4) is 0 Å². The molecule has 0 bridgehead atoms. The van der Waals surface area contributed by atoms with Crippen LogP contribution in [0.4, 0.5) is 0 Å². The lowest BCUT2D eigenvalue weighted by Crippen LogP contribution is -2.06. The minimum atomic E-state index is -0.318. The van der Waals surface area contributed by atoms with E-state index < -0.39 is 0 Å². The first kappa shape index (κ1) is 15.1. The van der Waals surface area contributed by atoms with Crippen molar-refractivity contribution in [3.63, 3.8) is 0 Å². The van der Waals surface area contributed by atoms with Crippen LogP contribution in [0.1, 0.15) is 25.0 Å². The molecule has 2 aromatic rings. The standard InChI is InChI=1S/C18H20O3/c1-5-6-14-10-15-9-13(8-7-12(2)3)16(20-4)11-17(15)21-18(14)19/h5,7,9-11H,1,6,8H2,2-4H3. The molecule has 2 rings (SSSR count). The predicted molar refractivity (Wildman–Crippen MR) is 86.1 cm³/mol. The van der Waals surface area contributed by atoms with Gasteiger partial charge in [-0.05, 0) is 44.4 Å². The lowest BCUT2D eigenvalue weighted by Gasteiger charge is -2.09. The van der Waals surface area contributed by atoms with E-state index in [4.69, 9.17) is 9.15 Å². The summed E-state index contributed by atoms with van der Waals surface area (Å²) in [5.74, 6) is 0.736. The first-order valence-electron chi connectivity index (χ1n) is 6.93. The number of allylic oxidation sites excluding steroid dienone is 3. The van der Waals surface area contributed by atoms with Gasteiger partial charge in [0.25, 0.3) is 0 Å². The molecule has 0 fully saturated rings. The van der Waals surface area contributed by atoms with Crippen LogP contribution < -0.4 is 10.4 Å². The van der Waals surface area contributed by atoms with Crippen molar-refractivity contribution in [2.75, 3.05) is 7.11 Å². The third-order valence-electron chi connectivity index (χ3n) is 3.30. The third kappa shape index (κ3) is 3.43. The highest BCUT2D eigenvalue weighted by Crippen LogP contribution is 2.26. The number of fused-ring (bicyclic) bond motifs is 1. The quantitative estimate of drug-likeness (QED) is 0.614. The second kappa shape index (κ2) is 6.44. The van der Waals surface area contributed by atoms with Crippen molar-refractivity contribution < 1.29 is 9.15 Å². The van der Waals surface area contributed by atoms with Crippen LogP contribution in [-0.2, 0) is 12.8 Å². The summed E-state index contributed by atoms with van der Waals surface area (Å²) in [5.41, 5.74) is 3.18. The van der Waals surface area contributed by atoms with Gasteiger partial charge >= 0.3 is 5.63 Å². The molecule has 0 N–H and O–H groups in total. The van der Waals surface area contributed by atoms with Gasteiger partial charge in [0.2, 0.25) is 0 Å². The largest absolute Gasteiger partial charge is 0.496 e. The fourth-order valence-corrected chi connectivity index (χ4v) is 2.20. The molecular weight excluding hydrogens is 264 g/mol. The van der Waals surface area contributed by atoms with Gasteiger partial charge in [-0.1, -0.05) is 17.7 Å². The minimum absolute atomic E-state index is 0.318. The molecule has 0 amide bonds. The highest BCUT2D eigenvalue weighted by Gasteiger charge is 2.09. The Morgan fingerprint density at radius 3 is 2.57 bits per heavy atom. The normalized spacial score (nSPS) is 10.4. The molecule has 1 aromatic heterocycles. The predicted octanol–water partition coefficient (Wildman–Crippen LogP) is 4.04. The van der Waals surface area contributed by atoms with E-state index in [1.807, 2.05) is 12.1 Å². The van der Waals surface area contributed by atoms with Crippen molar-refractivity contribution in [1.82, 2.24) is 0 Å². The molecule has 0 aliphatic heterocycles. The summed E-state index contributed by atoms with van der Waals surface area (Å²) >= 11 is 0. The van der Waals surface area contributed by atoms with Crippen LogP contribution in [0.5, 0.6) is 5.75 Å². The molecule has 21 heavy (non-hydrogen) atoms. The topological polar surface area (TPSA) is 39.4 Å². The summed E-state index contributed by atoms with van der Waals surface area (Å²) in [6.45, 7) is 7.79. The van der Waals surface area contributed by atoms with Gasteiger partial charge in [0.05, 0.1) is 7.11 Å².